The van der Waals surface area contributed by atoms with Gasteiger partial charge in [0.2, 0.25) is 0 Å². The first-order valence-electron chi connectivity index (χ1n) is 8.79. The molecule has 5 heteroatoms. The lowest BCUT2D eigenvalue weighted by Crippen LogP contribution is -2.14. The summed E-state index contributed by atoms with van der Waals surface area (Å²) in [5, 5.41) is 10.3. The number of nitrogens with one attached hydrogen (secondary N) is 1. The summed E-state index contributed by atoms with van der Waals surface area (Å²) in [4.78, 5) is 22.2. The maximum Gasteiger partial charge on any atom is 0.260 e. The van der Waals surface area contributed by atoms with Gasteiger partial charge in [0.1, 0.15) is 10.9 Å². The van der Waals surface area contributed by atoms with E-state index in [1.807, 2.05) is 31.2 Å². The van der Waals surface area contributed by atoms with Gasteiger partial charge in [-0.3, -0.25) is 4.79 Å². The average molecular weight is 361 g/mol. The predicted molar refractivity (Wildman–Crippen MR) is 106 cm³/mol. The van der Waals surface area contributed by atoms with Crippen LogP contribution in [0.3, 0.4) is 0 Å². The van der Waals surface area contributed by atoms with E-state index in [4.69, 9.17) is 0 Å². The molecule has 0 fully saturated rings. The van der Waals surface area contributed by atoms with Crippen LogP contribution in [0, 0.1) is 24.2 Å². The summed E-state index contributed by atoms with van der Waals surface area (Å²) in [7, 11) is 0. The second kappa shape index (κ2) is 6.54. The molecular formula is C21H19N3OS. The molecule has 0 unspecified atom stereocenters. The number of thiophene rings is 1. The van der Waals surface area contributed by atoms with E-state index in [0.29, 0.717) is 22.7 Å². The van der Waals surface area contributed by atoms with Gasteiger partial charge in [0.05, 0.1) is 11.0 Å². The van der Waals surface area contributed by atoms with Crippen LogP contribution in [0.4, 0.5) is 0 Å². The maximum atomic E-state index is 12.7. The number of benzene rings is 1. The van der Waals surface area contributed by atoms with E-state index >= 15 is 0 Å². The Kier molecular flexibility index (Phi) is 4.21. The highest BCUT2D eigenvalue weighted by Gasteiger charge is 2.23. The topological polar surface area (TPSA) is 69.5 Å². The molecule has 0 saturated carbocycles. The number of aromatic nitrogens is 2. The summed E-state index contributed by atoms with van der Waals surface area (Å²) in [6.07, 6.45) is 4.84. The lowest BCUT2D eigenvalue weighted by molar-refractivity contribution is 0.509. The molecule has 3 aromatic rings. The summed E-state index contributed by atoms with van der Waals surface area (Å²) in [5.74, 6) is 0.990. The fourth-order valence-electron chi connectivity index (χ4n) is 3.53. The number of rotatable bonds is 2. The fourth-order valence-corrected chi connectivity index (χ4v) is 4.92. The number of hydrogen-bond donors (Lipinski definition) is 1. The van der Waals surface area contributed by atoms with Gasteiger partial charge in [0, 0.05) is 4.88 Å². The summed E-state index contributed by atoms with van der Waals surface area (Å²) >= 11 is 1.60. The first kappa shape index (κ1) is 16.7. The third-order valence-corrected chi connectivity index (χ3v) is 6.18. The van der Waals surface area contributed by atoms with Crippen molar-refractivity contribution >= 4 is 33.2 Å². The van der Waals surface area contributed by atoms with Gasteiger partial charge in [-0.25, -0.2) is 4.98 Å². The molecule has 1 aromatic carbocycles. The van der Waals surface area contributed by atoms with Crippen molar-refractivity contribution < 1.29 is 0 Å². The standard InChI is InChI=1S/C21H19N3OS/c1-12-7-8-16-17(9-12)26-21-18(16)20(25)23-19(24-21)15(11-22)10-14-6-4-3-5-13(14)2/h3-6,10,12H,7-9H2,1-2H3,(H,23,24,25)/b15-10+/t12-/m0/s1. The average Bonchev–Trinajstić information content (AvgIpc) is 2.98. The van der Waals surface area contributed by atoms with Crippen LogP contribution in [-0.4, -0.2) is 9.97 Å². The number of fused-ring (bicyclic) bond motifs is 3. The van der Waals surface area contributed by atoms with Gasteiger partial charge in [-0.15, -0.1) is 11.3 Å². The van der Waals surface area contributed by atoms with E-state index in [9.17, 15) is 10.1 Å². The molecule has 2 heterocycles. The van der Waals surface area contributed by atoms with Crippen LogP contribution in [0.5, 0.6) is 0 Å². The van der Waals surface area contributed by atoms with Crippen LogP contribution in [0.2, 0.25) is 0 Å². The molecule has 1 N–H and O–H groups in total. The van der Waals surface area contributed by atoms with Gasteiger partial charge in [0.25, 0.3) is 5.56 Å². The Hall–Kier alpha value is -2.71. The highest BCUT2D eigenvalue weighted by atomic mass is 32.1. The zero-order valence-electron chi connectivity index (χ0n) is 14.8. The first-order chi connectivity index (χ1) is 12.6. The molecule has 130 valence electrons. The lowest BCUT2D eigenvalue weighted by Gasteiger charge is -2.17. The minimum Gasteiger partial charge on any atom is -0.305 e. The van der Waals surface area contributed by atoms with Crippen molar-refractivity contribution in [3.63, 3.8) is 0 Å². The molecule has 0 spiro atoms. The Bertz CT molecular complexity index is 1130. The molecule has 0 saturated heterocycles. The minimum atomic E-state index is -0.136. The van der Waals surface area contributed by atoms with Crippen molar-refractivity contribution in [2.75, 3.05) is 0 Å². The highest BCUT2D eigenvalue weighted by Crippen LogP contribution is 2.35. The number of allylic oxidation sites excluding steroid dienone is 1. The Morgan fingerprint density at radius 3 is 3.00 bits per heavy atom. The molecule has 0 aliphatic heterocycles. The molecule has 2 aromatic heterocycles. The van der Waals surface area contributed by atoms with Crippen molar-refractivity contribution in [1.29, 1.82) is 5.26 Å². The Morgan fingerprint density at radius 1 is 1.42 bits per heavy atom. The van der Waals surface area contributed by atoms with Gasteiger partial charge in [-0.2, -0.15) is 5.26 Å². The molecule has 26 heavy (non-hydrogen) atoms. The Balaban J connectivity index is 1.86. The number of nitrogens with zero attached hydrogens (tertiary/aromatic N) is 2. The van der Waals surface area contributed by atoms with Gasteiger partial charge >= 0.3 is 0 Å². The first-order valence-corrected chi connectivity index (χ1v) is 9.61. The third-order valence-electron chi connectivity index (χ3n) is 5.03. The normalized spacial score (nSPS) is 17.1. The SMILES string of the molecule is Cc1ccccc1/C=C(\C#N)c1nc2sc3c(c2c(=O)[nH]1)CC[C@H](C)C3. The van der Waals surface area contributed by atoms with E-state index < -0.39 is 0 Å². The third kappa shape index (κ3) is 2.87. The lowest BCUT2D eigenvalue weighted by atomic mass is 9.89. The number of H-pyrrole nitrogens is 1. The van der Waals surface area contributed by atoms with Crippen LogP contribution >= 0.6 is 11.3 Å². The molecule has 0 amide bonds. The Labute approximate surface area is 155 Å². The van der Waals surface area contributed by atoms with Gasteiger partial charge in [-0.05, 0) is 54.9 Å². The molecule has 4 rings (SSSR count). The smallest absolute Gasteiger partial charge is 0.260 e. The molecule has 0 radical (unpaired) electrons. The van der Waals surface area contributed by atoms with E-state index in [1.54, 1.807) is 17.4 Å². The predicted octanol–water partition coefficient (Wildman–Crippen LogP) is 4.48. The van der Waals surface area contributed by atoms with Crippen LogP contribution in [0.25, 0.3) is 21.9 Å². The zero-order valence-corrected chi connectivity index (χ0v) is 15.6. The monoisotopic (exact) mass is 361 g/mol. The van der Waals surface area contributed by atoms with Crippen LogP contribution in [0.15, 0.2) is 29.1 Å². The molecule has 4 nitrogen and oxygen atoms in total. The van der Waals surface area contributed by atoms with Crippen molar-refractivity contribution in [1.82, 2.24) is 9.97 Å². The highest BCUT2D eigenvalue weighted by molar-refractivity contribution is 7.18. The summed E-state index contributed by atoms with van der Waals surface area (Å²) in [6, 6.07) is 10.0. The van der Waals surface area contributed by atoms with Crippen molar-refractivity contribution in [2.45, 2.75) is 33.1 Å². The zero-order chi connectivity index (χ0) is 18.3. The summed E-state index contributed by atoms with van der Waals surface area (Å²) in [6.45, 7) is 4.24. The van der Waals surface area contributed by atoms with Crippen molar-refractivity contribution in [2.24, 2.45) is 5.92 Å². The molecule has 0 bridgehead atoms. The number of hydrogen-bond acceptors (Lipinski definition) is 4. The van der Waals surface area contributed by atoms with E-state index in [2.05, 4.69) is 23.0 Å². The van der Waals surface area contributed by atoms with Crippen molar-refractivity contribution in [3.8, 4) is 6.07 Å². The van der Waals surface area contributed by atoms with Crippen LogP contribution in [-0.2, 0) is 12.8 Å². The fraction of sp³-hybridized carbons (Fsp3) is 0.286. The quantitative estimate of drug-likeness (QED) is 0.684. The second-order valence-electron chi connectivity index (χ2n) is 6.97. The van der Waals surface area contributed by atoms with Crippen LogP contribution in [0.1, 0.15) is 40.7 Å². The molecular weight excluding hydrogens is 342 g/mol. The van der Waals surface area contributed by atoms with Gasteiger partial charge < -0.3 is 4.98 Å². The number of aryl methyl sites for hydroxylation is 2. The van der Waals surface area contributed by atoms with Gasteiger partial charge in [0.15, 0.2) is 5.82 Å². The number of aromatic amines is 1. The van der Waals surface area contributed by atoms with E-state index in [0.717, 1.165) is 40.8 Å². The maximum absolute atomic E-state index is 12.7. The summed E-state index contributed by atoms with van der Waals surface area (Å²) in [5.41, 5.74) is 3.42. The summed E-state index contributed by atoms with van der Waals surface area (Å²) < 4.78 is 0. The largest absolute Gasteiger partial charge is 0.305 e. The van der Waals surface area contributed by atoms with Gasteiger partial charge in [-0.1, -0.05) is 31.2 Å². The molecule has 1 aliphatic carbocycles. The second-order valence-corrected chi connectivity index (χ2v) is 8.06. The van der Waals surface area contributed by atoms with E-state index in [1.165, 1.54) is 4.88 Å². The van der Waals surface area contributed by atoms with Crippen LogP contribution < -0.4 is 5.56 Å². The number of nitriles is 1. The molecule has 1 aliphatic rings. The minimum absolute atomic E-state index is 0.136. The Morgan fingerprint density at radius 2 is 2.23 bits per heavy atom. The molecule has 1 atom stereocenters. The van der Waals surface area contributed by atoms with Crippen molar-refractivity contribution in [3.05, 3.63) is 62.0 Å². The van der Waals surface area contributed by atoms with E-state index in [-0.39, 0.29) is 5.56 Å².